The average molecular weight is 484 g/mol. The number of piperazine rings is 1. The first-order valence-electron chi connectivity index (χ1n) is 11.6. The molecule has 0 saturated carbocycles. The first-order chi connectivity index (χ1) is 16.5. The maximum Gasteiger partial charge on any atom is 0.258 e. The third-order valence-electron chi connectivity index (χ3n) is 5.84. The molecule has 182 valence electrons. The molecule has 0 aliphatic carbocycles. The molecule has 1 saturated heterocycles. The van der Waals surface area contributed by atoms with E-state index >= 15 is 0 Å². The van der Waals surface area contributed by atoms with Gasteiger partial charge in [-0.25, -0.2) is 0 Å². The Bertz CT molecular complexity index is 944. The fraction of sp³-hybridized carbons (Fsp3) is 0.423. The summed E-state index contributed by atoms with van der Waals surface area (Å²) in [5.41, 5.74) is 1.86. The van der Waals surface area contributed by atoms with Crippen molar-refractivity contribution in [2.75, 3.05) is 44.8 Å². The fourth-order valence-corrected chi connectivity index (χ4v) is 4.28. The molecule has 0 radical (unpaired) electrons. The molecule has 1 fully saturated rings. The average Bonchev–Trinajstić information content (AvgIpc) is 2.89. The van der Waals surface area contributed by atoms with Gasteiger partial charge in [0.25, 0.3) is 11.8 Å². The largest absolute Gasteiger partial charge is 0.484 e. The van der Waals surface area contributed by atoms with E-state index < -0.39 is 6.04 Å². The second kappa shape index (κ2) is 13.0. The van der Waals surface area contributed by atoms with Crippen LogP contribution in [-0.4, -0.2) is 78.4 Å². The second-order valence-corrected chi connectivity index (χ2v) is 9.16. The van der Waals surface area contributed by atoms with Gasteiger partial charge in [0.15, 0.2) is 6.61 Å². The Labute approximate surface area is 205 Å². The van der Waals surface area contributed by atoms with Gasteiger partial charge in [0.05, 0.1) is 0 Å². The molecule has 0 aromatic heterocycles. The molecule has 0 bridgehead atoms. The van der Waals surface area contributed by atoms with Crippen molar-refractivity contribution in [2.24, 2.45) is 0 Å². The lowest BCUT2D eigenvalue weighted by Gasteiger charge is -2.36. The Hall–Kier alpha value is -3.00. The number of carbonyl (C=O) groups excluding carboxylic acids is 3. The number of aryl methyl sites for hydroxylation is 1. The van der Waals surface area contributed by atoms with Crippen LogP contribution in [0.3, 0.4) is 0 Å². The standard InChI is InChI=1S/C26H33N3O4S/c1-3-20-9-11-21(12-10-20)25(31)28-14-16-29(17-15-28)26(32)23(13-18-34-2)27-24(30)19-33-22-7-5-4-6-8-22/h4-12,23H,3,13-19H2,1-2H3,(H,27,30). The van der Waals surface area contributed by atoms with E-state index in [0.29, 0.717) is 43.9 Å². The first-order valence-corrected chi connectivity index (χ1v) is 13.0. The Morgan fingerprint density at radius 2 is 1.62 bits per heavy atom. The molecule has 8 heteroatoms. The van der Waals surface area contributed by atoms with Crippen molar-refractivity contribution < 1.29 is 19.1 Å². The van der Waals surface area contributed by atoms with E-state index in [4.69, 9.17) is 4.74 Å². The summed E-state index contributed by atoms with van der Waals surface area (Å²) in [6, 6.07) is 16.2. The van der Waals surface area contributed by atoms with Crippen molar-refractivity contribution in [1.82, 2.24) is 15.1 Å². The van der Waals surface area contributed by atoms with E-state index in [1.54, 1.807) is 33.7 Å². The molecule has 0 spiro atoms. The van der Waals surface area contributed by atoms with E-state index in [0.717, 1.165) is 12.2 Å². The number of nitrogens with one attached hydrogen (secondary N) is 1. The lowest BCUT2D eigenvalue weighted by Crippen LogP contribution is -2.56. The van der Waals surface area contributed by atoms with Gasteiger partial charge >= 0.3 is 0 Å². The Balaban J connectivity index is 1.52. The van der Waals surface area contributed by atoms with Crippen LogP contribution in [0.5, 0.6) is 5.75 Å². The van der Waals surface area contributed by atoms with Crippen LogP contribution in [-0.2, 0) is 16.0 Å². The van der Waals surface area contributed by atoms with Crippen molar-refractivity contribution in [2.45, 2.75) is 25.8 Å². The second-order valence-electron chi connectivity index (χ2n) is 8.17. The van der Waals surface area contributed by atoms with Crippen molar-refractivity contribution in [3.05, 3.63) is 65.7 Å². The zero-order chi connectivity index (χ0) is 24.3. The van der Waals surface area contributed by atoms with E-state index in [1.807, 2.05) is 48.7 Å². The molecular weight excluding hydrogens is 450 g/mol. The number of amides is 3. The summed E-state index contributed by atoms with van der Waals surface area (Å²) in [5.74, 6) is 0.909. The zero-order valence-electron chi connectivity index (χ0n) is 19.9. The van der Waals surface area contributed by atoms with Crippen molar-refractivity contribution in [1.29, 1.82) is 0 Å². The zero-order valence-corrected chi connectivity index (χ0v) is 20.7. The Morgan fingerprint density at radius 3 is 2.24 bits per heavy atom. The van der Waals surface area contributed by atoms with Crippen LogP contribution >= 0.6 is 11.8 Å². The summed E-state index contributed by atoms with van der Waals surface area (Å²) in [6.07, 6.45) is 3.45. The van der Waals surface area contributed by atoms with E-state index in [2.05, 4.69) is 12.2 Å². The summed E-state index contributed by atoms with van der Waals surface area (Å²) in [5, 5.41) is 2.84. The number of benzene rings is 2. The SMILES string of the molecule is CCc1ccc(C(=O)N2CCN(C(=O)C(CCSC)NC(=O)COc3ccccc3)CC2)cc1. The lowest BCUT2D eigenvalue weighted by atomic mass is 10.1. The molecule has 1 N–H and O–H groups in total. The van der Waals surface area contributed by atoms with Gasteiger partial charge in [-0.15, -0.1) is 0 Å². The molecule has 3 rings (SSSR count). The number of carbonyl (C=O) groups is 3. The minimum Gasteiger partial charge on any atom is -0.484 e. The quantitative estimate of drug-likeness (QED) is 0.562. The van der Waals surface area contributed by atoms with E-state index in [-0.39, 0.29) is 24.3 Å². The monoisotopic (exact) mass is 483 g/mol. The molecule has 2 aromatic carbocycles. The van der Waals surface area contributed by atoms with Gasteiger partial charge in [-0.2, -0.15) is 11.8 Å². The van der Waals surface area contributed by atoms with Crippen molar-refractivity contribution in [3.8, 4) is 5.75 Å². The molecule has 3 amide bonds. The molecule has 34 heavy (non-hydrogen) atoms. The third-order valence-corrected chi connectivity index (χ3v) is 6.49. The number of thioether (sulfide) groups is 1. The number of hydrogen-bond acceptors (Lipinski definition) is 5. The maximum absolute atomic E-state index is 13.2. The van der Waals surface area contributed by atoms with Gasteiger partial charge in [0.1, 0.15) is 11.8 Å². The summed E-state index contributed by atoms with van der Waals surface area (Å²) >= 11 is 1.63. The van der Waals surface area contributed by atoms with Crippen molar-refractivity contribution in [3.63, 3.8) is 0 Å². The highest BCUT2D eigenvalue weighted by atomic mass is 32.2. The van der Waals surface area contributed by atoms with E-state index in [9.17, 15) is 14.4 Å². The number of nitrogens with zero attached hydrogens (tertiary/aromatic N) is 2. The third kappa shape index (κ3) is 7.25. The lowest BCUT2D eigenvalue weighted by molar-refractivity contribution is -0.138. The molecule has 7 nitrogen and oxygen atoms in total. The minimum atomic E-state index is -0.608. The molecule has 2 aromatic rings. The Kier molecular flexibility index (Phi) is 9.82. The normalized spacial score (nSPS) is 14.4. The fourth-order valence-electron chi connectivity index (χ4n) is 3.81. The predicted octanol–water partition coefficient (Wildman–Crippen LogP) is 2.85. The molecule has 1 unspecified atom stereocenters. The van der Waals surface area contributed by atoms with Crippen LogP contribution in [0, 0.1) is 0 Å². The predicted molar refractivity (Wildman–Crippen MR) is 135 cm³/mol. The topological polar surface area (TPSA) is 79.0 Å². The van der Waals surface area contributed by atoms with Gasteiger partial charge in [0.2, 0.25) is 5.91 Å². The van der Waals surface area contributed by atoms with Crippen LogP contribution < -0.4 is 10.1 Å². The molecule has 1 atom stereocenters. The maximum atomic E-state index is 13.2. The highest BCUT2D eigenvalue weighted by molar-refractivity contribution is 7.98. The summed E-state index contributed by atoms with van der Waals surface area (Å²) in [4.78, 5) is 42.0. The highest BCUT2D eigenvalue weighted by Crippen LogP contribution is 2.13. The van der Waals surface area contributed by atoms with Gasteiger partial charge in [-0.3, -0.25) is 14.4 Å². The van der Waals surface area contributed by atoms with Gasteiger partial charge < -0.3 is 19.9 Å². The van der Waals surface area contributed by atoms with Crippen LogP contribution in [0.25, 0.3) is 0 Å². The Morgan fingerprint density at radius 1 is 0.971 bits per heavy atom. The summed E-state index contributed by atoms with van der Waals surface area (Å²) in [7, 11) is 0. The molecule has 1 aliphatic rings. The first kappa shape index (κ1) is 25.6. The molecule has 1 aliphatic heterocycles. The number of para-hydroxylation sites is 1. The molecule has 1 heterocycles. The number of ether oxygens (including phenoxy) is 1. The van der Waals surface area contributed by atoms with Crippen LogP contribution in [0.15, 0.2) is 54.6 Å². The molecular formula is C26H33N3O4S. The minimum absolute atomic E-state index is 0.0138. The number of rotatable bonds is 10. The van der Waals surface area contributed by atoms with Crippen molar-refractivity contribution >= 4 is 29.5 Å². The smallest absolute Gasteiger partial charge is 0.258 e. The highest BCUT2D eigenvalue weighted by Gasteiger charge is 2.30. The van der Waals surface area contributed by atoms with Crippen LogP contribution in [0.1, 0.15) is 29.3 Å². The van der Waals surface area contributed by atoms with E-state index in [1.165, 1.54) is 5.56 Å². The van der Waals surface area contributed by atoms with Gasteiger partial charge in [0, 0.05) is 31.7 Å². The van der Waals surface area contributed by atoms with Crippen LogP contribution in [0.2, 0.25) is 0 Å². The van der Waals surface area contributed by atoms with Gasteiger partial charge in [-0.1, -0.05) is 37.3 Å². The summed E-state index contributed by atoms with van der Waals surface area (Å²) < 4.78 is 5.51. The van der Waals surface area contributed by atoms with Crippen LogP contribution in [0.4, 0.5) is 0 Å². The van der Waals surface area contributed by atoms with Gasteiger partial charge in [-0.05, 0) is 54.7 Å². The number of hydrogen-bond donors (Lipinski definition) is 1. The summed E-state index contributed by atoms with van der Waals surface area (Å²) in [6.45, 7) is 3.78.